The van der Waals surface area contributed by atoms with Crippen LogP contribution in [-0.2, 0) is 9.47 Å². The molecule has 0 radical (unpaired) electrons. The Morgan fingerprint density at radius 3 is 2.88 bits per heavy atom. The molecular weight excluding hydrogens is 417 g/mol. The summed E-state index contributed by atoms with van der Waals surface area (Å²) in [5.41, 5.74) is 0. The Bertz CT molecular complexity index is 334. The maximum absolute atomic E-state index is 5.67. The minimum atomic E-state index is 0. The number of nitrogens with zero attached hydrogens (tertiary/aromatic N) is 2. The Morgan fingerprint density at radius 2 is 2.21 bits per heavy atom. The normalized spacial score (nSPS) is 17.4. The fraction of sp³-hybridized carbons (Fsp3) is 0.833. The summed E-state index contributed by atoms with van der Waals surface area (Å²) >= 11 is 0. The SMILES string of the molecule is C=CCCCCCN(C)C(=NC)NCCCOCC1CCCO1.I. The van der Waals surface area contributed by atoms with Gasteiger partial charge in [-0.3, -0.25) is 4.99 Å². The summed E-state index contributed by atoms with van der Waals surface area (Å²) in [4.78, 5) is 6.53. The molecule has 1 unspecified atom stereocenters. The van der Waals surface area contributed by atoms with Crippen molar-refractivity contribution < 1.29 is 9.47 Å². The van der Waals surface area contributed by atoms with E-state index in [4.69, 9.17) is 9.47 Å². The average molecular weight is 453 g/mol. The van der Waals surface area contributed by atoms with Gasteiger partial charge in [-0.05, 0) is 38.5 Å². The summed E-state index contributed by atoms with van der Waals surface area (Å²) in [6, 6.07) is 0. The van der Waals surface area contributed by atoms with Gasteiger partial charge >= 0.3 is 0 Å². The van der Waals surface area contributed by atoms with E-state index in [2.05, 4.69) is 28.8 Å². The van der Waals surface area contributed by atoms with Crippen molar-refractivity contribution in [1.29, 1.82) is 0 Å². The lowest BCUT2D eigenvalue weighted by atomic mass is 10.2. The quantitative estimate of drug-likeness (QED) is 0.162. The van der Waals surface area contributed by atoms with Gasteiger partial charge in [0.1, 0.15) is 0 Å². The molecule has 0 amide bonds. The van der Waals surface area contributed by atoms with Crippen LogP contribution in [0.15, 0.2) is 17.6 Å². The van der Waals surface area contributed by atoms with Crippen molar-refractivity contribution in [3.05, 3.63) is 12.7 Å². The molecular formula is C18H36IN3O2. The van der Waals surface area contributed by atoms with Gasteiger partial charge in [0.2, 0.25) is 0 Å². The molecule has 24 heavy (non-hydrogen) atoms. The van der Waals surface area contributed by atoms with Crippen molar-refractivity contribution in [2.24, 2.45) is 4.99 Å². The lowest BCUT2D eigenvalue weighted by molar-refractivity contribution is 0.0168. The summed E-state index contributed by atoms with van der Waals surface area (Å²) in [5, 5.41) is 3.40. The van der Waals surface area contributed by atoms with E-state index >= 15 is 0 Å². The largest absolute Gasteiger partial charge is 0.379 e. The number of unbranched alkanes of at least 4 members (excludes halogenated alkanes) is 3. The Kier molecular flexibility index (Phi) is 15.9. The maximum atomic E-state index is 5.67. The van der Waals surface area contributed by atoms with Gasteiger partial charge in [-0.15, -0.1) is 30.6 Å². The van der Waals surface area contributed by atoms with Crippen LogP contribution in [0.3, 0.4) is 0 Å². The van der Waals surface area contributed by atoms with E-state index in [0.717, 1.165) is 58.1 Å². The van der Waals surface area contributed by atoms with Crippen molar-refractivity contribution >= 4 is 29.9 Å². The van der Waals surface area contributed by atoms with Gasteiger partial charge in [0.25, 0.3) is 0 Å². The van der Waals surface area contributed by atoms with Crippen molar-refractivity contribution in [3.63, 3.8) is 0 Å². The number of rotatable bonds is 12. The molecule has 0 bridgehead atoms. The average Bonchev–Trinajstić information content (AvgIpc) is 3.07. The highest BCUT2D eigenvalue weighted by Gasteiger charge is 2.14. The highest BCUT2D eigenvalue weighted by molar-refractivity contribution is 14.0. The van der Waals surface area contributed by atoms with Crippen LogP contribution in [0.4, 0.5) is 0 Å². The van der Waals surface area contributed by atoms with Gasteiger partial charge in [-0.2, -0.15) is 0 Å². The Hall–Kier alpha value is -0.340. The van der Waals surface area contributed by atoms with Crippen molar-refractivity contribution in [2.75, 3.05) is 47.0 Å². The van der Waals surface area contributed by atoms with Crippen molar-refractivity contribution in [1.82, 2.24) is 10.2 Å². The molecule has 1 rings (SSSR count). The minimum Gasteiger partial charge on any atom is -0.379 e. The van der Waals surface area contributed by atoms with Gasteiger partial charge in [-0.1, -0.05) is 12.5 Å². The number of aliphatic imine (C=N–C) groups is 1. The molecule has 1 heterocycles. The first-order valence-electron chi connectivity index (χ1n) is 9.00. The van der Waals surface area contributed by atoms with Crippen LogP contribution in [0.5, 0.6) is 0 Å². The zero-order valence-electron chi connectivity index (χ0n) is 15.5. The van der Waals surface area contributed by atoms with E-state index in [1.165, 1.54) is 25.7 Å². The maximum Gasteiger partial charge on any atom is 0.193 e. The summed E-state index contributed by atoms with van der Waals surface area (Å²) in [7, 11) is 3.93. The Balaban J connectivity index is 0.00000529. The van der Waals surface area contributed by atoms with Crippen LogP contribution in [0.25, 0.3) is 0 Å². The van der Waals surface area contributed by atoms with Crippen LogP contribution in [-0.4, -0.2) is 64.0 Å². The zero-order valence-corrected chi connectivity index (χ0v) is 17.8. The summed E-state index contributed by atoms with van der Waals surface area (Å²) in [6.45, 7) is 8.08. The zero-order chi connectivity index (χ0) is 16.8. The first-order chi connectivity index (χ1) is 11.3. The van der Waals surface area contributed by atoms with E-state index in [9.17, 15) is 0 Å². The van der Waals surface area contributed by atoms with E-state index in [-0.39, 0.29) is 24.0 Å². The first kappa shape index (κ1) is 23.7. The van der Waals surface area contributed by atoms with E-state index in [1.54, 1.807) is 0 Å². The number of nitrogens with one attached hydrogen (secondary N) is 1. The van der Waals surface area contributed by atoms with Gasteiger partial charge in [0.15, 0.2) is 5.96 Å². The highest BCUT2D eigenvalue weighted by atomic mass is 127. The third-order valence-electron chi connectivity index (χ3n) is 4.05. The lowest BCUT2D eigenvalue weighted by Crippen LogP contribution is -2.40. The molecule has 1 fully saturated rings. The first-order valence-corrected chi connectivity index (χ1v) is 9.00. The summed E-state index contributed by atoms with van der Waals surface area (Å²) in [5.74, 6) is 0.966. The molecule has 0 aromatic carbocycles. The van der Waals surface area contributed by atoms with Crippen LogP contribution >= 0.6 is 24.0 Å². The van der Waals surface area contributed by atoms with Crippen molar-refractivity contribution in [2.45, 2.75) is 51.0 Å². The van der Waals surface area contributed by atoms with Crippen LogP contribution in [0.1, 0.15) is 44.9 Å². The molecule has 5 nitrogen and oxygen atoms in total. The molecule has 0 saturated carbocycles. The third-order valence-corrected chi connectivity index (χ3v) is 4.05. The second-order valence-corrected chi connectivity index (χ2v) is 6.10. The lowest BCUT2D eigenvalue weighted by Gasteiger charge is -2.22. The second kappa shape index (κ2) is 16.1. The molecule has 1 atom stereocenters. The molecule has 0 aliphatic carbocycles. The molecule has 1 aliphatic heterocycles. The van der Waals surface area contributed by atoms with E-state index in [1.807, 2.05) is 13.1 Å². The van der Waals surface area contributed by atoms with Gasteiger partial charge < -0.3 is 19.7 Å². The van der Waals surface area contributed by atoms with E-state index in [0.29, 0.717) is 6.10 Å². The Labute approximate surface area is 165 Å². The van der Waals surface area contributed by atoms with Gasteiger partial charge in [-0.25, -0.2) is 0 Å². The number of ether oxygens (including phenoxy) is 2. The molecule has 1 saturated heterocycles. The fourth-order valence-corrected chi connectivity index (χ4v) is 2.67. The molecule has 1 aliphatic rings. The summed E-state index contributed by atoms with van der Waals surface area (Å²) < 4.78 is 11.2. The third kappa shape index (κ3) is 11.3. The van der Waals surface area contributed by atoms with E-state index < -0.39 is 0 Å². The fourth-order valence-electron chi connectivity index (χ4n) is 2.67. The number of halogens is 1. The Morgan fingerprint density at radius 1 is 1.38 bits per heavy atom. The van der Waals surface area contributed by atoms with Crippen LogP contribution < -0.4 is 5.32 Å². The van der Waals surface area contributed by atoms with Gasteiger partial charge in [0.05, 0.1) is 12.7 Å². The predicted octanol–water partition coefficient (Wildman–Crippen LogP) is 3.44. The monoisotopic (exact) mass is 453 g/mol. The number of hydrogen-bond acceptors (Lipinski definition) is 3. The highest BCUT2D eigenvalue weighted by Crippen LogP contribution is 2.11. The van der Waals surface area contributed by atoms with Crippen LogP contribution in [0.2, 0.25) is 0 Å². The minimum absolute atomic E-state index is 0. The molecule has 0 aromatic rings. The standard InChI is InChI=1S/C18H35N3O2.HI/c1-4-5-6-7-8-13-21(3)18(19-2)20-12-10-14-22-16-17-11-9-15-23-17;/h4,17H,1,5-16H2,2-3H3,(H,19,20);1H. The van der Waals surface area contributed by atoms with Gasteiger partial charge in [0, 0.05) is 40.4 Å². The number of hydrogen-bond donors (Lipinski definition) is 1. The summed E-state index contributed by atoms with van der Waals surface area (Å²) in [6.07, 6.45) is 10.4. The molecule has 0 aromatic heterocycles. The number of guanidine groups is 1. The smallest absolute Gasteiger partial charge is 0.193 e. The number of allylic oxidation sites excluding steroid dienone is 1. The molecule has 142 valence electrons. The predicted molar refractivity (Wildman–Crippen MR) is 112 cm³/mol. The topological polar surface area (TPSA) is 46.1 Å². The molecule has 0 spiro atoms. The van der Waals surface area contributed by atoms with Crippen molar-refractivity contribution in [3.8, 4) is 0 Å². The molecule has 6 heteroatoms. The van der Waals surface area contributed by atoms with Crippen LogP contribution in [0, 0.1) is 0 Å². The second-order valence-electron chi connectivity index (χ2n) is 6.10. The molecule has 1 N–H and O–H groups in total.